The van der Waals surface area contributed by atoms with Crippen LogP contribution in [0, 0.1) is 23.4 Å². The largest absolute Gasteiger partial charge is 0.380 e. The van der Waals surface area contributed by atoms with Crippen molar-refractivity contribution >= 4 is 5.69 Å². The zero-order valence-electron chi connectivity index (χ0n) is 9.77. The Kier molecular flexibility index (Phi) is 3.60. The first-order chi connectivity index (χ1) is 8.08. The van der Waals surface area contributed by atoms with Gasteiger partial charge >= 0.3 is 0 Å². The average Bonchev–Trinajstić information content (AvgIpc) is 2.33. The molecule has 1 aliphatic carbocycles. The molecule has 1 aromatic rings. The van der Waals surface area contributed by atoms with Gasteiger partial charge in [0.25, 0.3) is 0 Å². The van der Waals surface area contributed by atoms with Gasteiger partial charge in [-0.25, -0.2) is 13.2 Å². The molecule has 0 amide bonds. The van der Waals surface area contributed by atoms with Crippen LogP contribution in [0.4, 0.5) is 18.9 Å². The summed E-state index contributed by atoms with van der Waals surface area (Å²) in [4.78, 5) is 0. The van der Waals surface area contributed by atoms with Crippen molar-refractivity contribution in [2.45, 2.75) is 38.6 Å². The normalized spacial score (nSPS) is 24.7. The fourth-order valence-electron chi connectivity index (χ4n) is 2.26. The lowest BCUT2D eigenvalue weighted by Crippen LogP contribution is -2.25. The molecular formula is C13H16F3N. The first-order valence-electron chi connectivity index (χ1n) is 5.98. The molecule has 0 spiro atoms. The summed E-state index contributed by atoms with van der Waals surface area (Å²) in [6.45, 7) is 2.19. The molecule has 0 bridgehead atoms. The summed E-state index contributed by atoms with van der Waals surface area (Å²) in [5.74, 6) is -2.98. The number of nitrogens with one attached hydrogen (secondary N) is 1. The van der Waals surface area contributed by atoms with Crippen LogP contribution >= 0.6 is 0 Å². The third kappa shape index (κ3) is 2.73. The second-order valence-electron chi connectivity index (χ2n) is 4.82. The van der Waals surface area contributed by atoms with E-state index in [1.54, 1.807) is 0 Å². The van der Waals surface area contributed by atoms with Crippen LogP contribution in [-0.2, 0) is 0 Å². The number of anilines is 1. The van der Waals surface area contributed by atoms with Gasteiger partial charge in [0, 0.05) is 6.04 Å². The van der Waals surface area contributed by atoms with Gasteiger partial charge in [-0.2, -0.15) is 0 Å². The van der Waals surface area contributed by atoms with E-state index >= 15 is 0 Å². The van der Waals surface area contributed by atoms with Crippen molar-refractivity contribution in [3.63, 3.8) is 0 Å². The molecule has 2 rings (SSSR count). The van der Waals surface area contributed by atoms with Crippen molar-refractivity contribution in [2.24, 2.45) is 5.92 Å². The van der Waals surface area contributed by atoms with Crippen molar-refractivity contribution in [2.75, 3.05) is 5.32 Å². The van der Waals surface area contributed by atoms with E-state index in [0.717, 1.165) is 31.7 Å². The first kappa shape index (κ1) is 12.3. The highest BCUT2D eigenvalue weighted by Crippen LogP contribution is 2.27. The summed E-state index contributed by atoms with van der Waals surface area (Å²) < 4.78 is 39.2. The number of hydrogen-bond acceptors (Lipinski definition) is 1. The summed E-state index contributed by atoms with van der Waals surface area (Å²) >= 11 is 0. The van der Waals surface area contributed by atoms with E-state index in [9.17, 15) is 13.2 Å². The van der Waals surface area contributed by atoms with Gasteiger partial charge < -0.3 is 5.32 Å². The Balaban J connectivity index is 2.06. The molecule has 0 saturated heterocycles. The number of rotatable bonds is 2. The molecule has 1 nitrogen and oxygen atoms in total. The second kappa shape index (κ2) is 4.98. The van der Waals surface area contributed by atoms with Gasteiger partial charge in [0.1, 0.15) is 0 Å². The first-order valence-corrected chi connectivity index (χ1v) is 5.98. The van der Waals surface area contributed by atoms with E-state index in [2.05, 4.69) is 12.2 Å². The summed E-state index contributed by atoms with van der Waals surface area (Å²) in [7, 11) is 0. The highest BCUT2D eigenvalue weighted by atomic mass is 19.2. The van der Waals surface area contributed by atoms with Crippen LogP contribution < -0.4 is 5.32 Å². The summed E-state index contributed by atoms with van der Waals surface area (Å²) in [6, 6.07) is 2.36. The summed E-state index contributed by atoms with van der Waals surface area (Å²) in [6.07, 6.45) is 4.06. The highest BCUT2D eigenvalue weighted by Gasteiger charge is 2.20. The molecule has 94 valence electrons. The topological polar surface area (TPSA) is 12.0 Å². The van der Waals surface area contributed by atoms with Crippen LogP contribution in [0.15, 0.2) is 12.1 Å². The summed E-state index contributed by atoms with van der Waals surface area (Å²) in [5.41, 5.74) is 0.0588. The number of halogens is 3. The third-order valence-corrected chi connectivity index (χ3v) is 3.41. The molecule has 17 heavy (non-hydrogen) atoms. The molecule has 0 heterocycles. The van der Waals surface area contributed by atoms with Crippen molar-refractivity contribution in [1.29, 1.82) is 0 Å². The molecular weight excluding hydrogens is 227 g/mol. The van der Waals surface area contributed by atoms with Crippen molar-refractivity contribution in [3.8, 4) is 0 Å². The SMILES string of the molecule is CC1CCC(Nc2ccc(F)c(F)c2F)CC1. The van der Waals surface area contributed by atoms with E-state index in [0.29, 0.717) is 5.92 Å². The fourth-order valence-corrected chi connectivity index (χ4v) is 2.26. The van der Waals surface area contributed by atoms with Crippen LogP contribution in [0.25, 0.3) is 0 Å². The van der Waals surface area contributed by atoms with Crippen molar-refractivity contribution in [1.82, 2.24) is 0 Å². The van der Waals surface area contributed by atoms with Crippen molar-refractivity contribution < 1.29 is 13.2 Å². The molecule has 1 aliphatic rings. The standard InChI is InChI=1S/C13H16F3N/c1-8-2-4-9(5-3-8)17-11-7-6-10(14)12(15)13(11)16/h6-9,17H,2-5H2,1H3. The maximum Gasteiger partial charge on any atom is 0.196 e. The minimum absolute atomic E-state index is 0.0588. The highest BCUT2D eigenvalue weighted by molar-refractivity contribution is 5.46. The quantitative estimate of drug-likeness (QED) is 0.771. The fraction of sp³-hybridized carbons (Fsp3) is 0.538. The molecule has 1 N–H and O–H groups in total. The van der Waals surface area contributed by atoms with Gasteiger partial charge in [0.05, 0.1) is 5.69 Å². The second-order valence-corrected chi connectivity index (χ2v) is 4.82. The predicted molar refractivity (Wildman–Crippen MR) is 61.4 cm³/mol. The van der Waals surface area contributed by atoms with Gasteiger partial charge in [-0.3, -0.25) is 0 Å². The molecule has 0 aliphatic heterocycles. The lowest BCUT2D eigenvalue weighted by Gasteiger charge is -2.27. The average molecular weight is 243 g/mol. The third-order valence-electron chi connectivity index (χ3n) is 3.41. The van der Waals surface area contributed by atoms with Gasteiger partial charge in [0.2, 0.25) is 0 Å². The van der Waals surface area contributed by atoms with Crippen LogP contribution in [0.3, 0.4) is 0 Å². The van der Waals surface area contributed by atoms with E-state index in [-0.39, 0.29) is 11.7 Å². The zero-order valence-corrected chi connectivity index (χ0v) is 9.77. The van der Waals surface area contributed by atoms with Gasteiger partial charge in [0.15, 0.2) is 17.5 Å². The molecule has 0 radical (unpaired) electrons. The van der Waals surface area contributed by atoms with Crippen LogP contribution in [0.1, 0.15) is 32.6 Å². The Morgan fingerprint density at radius 3 is 2.29 bits per heavy atom. The van der Waals surface area contributed by atoms with Crippen LogP contribution in [0.2, 0.25) is 0 Å². The molecule has 1 aromatic carbocycles. The maximum absolute atomic E-state index is 13.4. The van der Waals surface area contributed by atoms with Gasteiger partial charge in [-0.1, -0.05) is 6.92 Å². The van der Waals surface area contributed by atoms with E-state index in [1.165, 1.54) is 6.07 Å². The maximum atomic E-state index is 13.4. The van der Waals surface area contributed by atoms with Gasteiger partial charge in [-0.15, -0.1) is 0 Å². The molecule has 4 heteroatoms. The minimum Gasteiger partial charge on any atom is -0.380 e. The Bertz CT molecular complexity index is 398. The zero-order chi connectivity index (χ0) is 12.4. The Morgan fingerprint density at radius 2 is 1.65 bits per heavy atom. The lowest BCUT2D eigenvalue weighted by atomic mass is 9.87. The molecule has 0 aromatic heterocycles. The van der Waals surface area contributed by atoms with Gasteiger partial charge in [-0.05, 0) is 43.7 Å². The molecule has 0 unspecified atom stereocenters. The van der Waals surface area contributed by atoms with Crippen LogP contribution in [-0.4, -0.2) is 6.04 Å². The lowest BCUT2D eigenvalue weighted by molar-refractivity contribution is 0.360. The van der Waals surface area contributed by atoms with E-state index in [1.807, 2.05) is 0 Å². The van der Waals surface area contributed by atoms with Crippen molar-refractivity contribution in [3.05, 3.63) is 29.6 Å². The number of benzene rings is 1. The predicted octanol–water partition coefficient (Wildman–Crippen LogP) is 4.09. The Morgan fingerprint density at radius 1 is 1.00 bits per heavy atom. The molecule has 1 fully saturated rings. The molecule has 1 saturated carbocycles. The minimum atomic E-state index is -1.40. The monoisotopic (exact) mass is 243 g/mol. The smallest absolute Gasteiger partial charge is 0.196 e. The summed E-state index contributed by atoms with van der Waals surface area (Å²) in [5, 5.41) is 2.96. The Hall–Kier alpha value is -1.19. The van der Waals surface area contributed by atoms with Crippen LogP contribution in [0.5, 0.6) is 0 Å². The van der Waals surface area contributed by atoms with E-state index < -0.39 is 17.5 Å². The van der Waals surface area contributed by atoms with E-state index in [4.69, 9.17) is 0 Å². The Labute approximate surface area is 99.0 Å². The number of hydrogen-bond donors (Lipinski definition) is 1. The molecule has 0 atom stereocenters.